The van der Waals surface area contributed by atoms with E-state index in [4.69, 9.17) is 4.55 Å². The second kappa shape index (κ2) is 5.41. The van der Waals surface area contributed by atoms with Crippen molar-refractivity contribution in [1.82, 2.24) is 4.98 Å². The Morgan fingerprint density at radius 2 is 2.25 bits per heavy atom. The second-order valence-electron chi connectivity index (χ2n) is 4.15. The number of piperidine rings is 1. The predicted molar refractivity (Wildman–Crippen MR) is 64.8 cm³/mol. The van der Waals surface area contributed by atoms with E-state index in [1.165, 1.54) is 0 Å². The third-order valence-electron chi connectivity index (χ3n) is 2.93. The lowest BCUT2D eigenvalue weighted by molar-refractivity contribution is 0.440. The van der Waals surface area contributed by atoms with Crippen molar-refractivity contribution >= 4 is 16.8 Å². The molecule has 1 aliphatic rings. The van der Waals surface area contributed by atoms with Crippen LogP contribution in [0.1, 0.15) is 12.8 Å². The summed E-state index contributed by atoms with van der Waals surface area (Å²) in [6.45, 7) is 1.90. The van der Waals surface area contributed by atoms with Crippen molar-refractivity contribution in [2.45, 2.75) is 12.8 Å². The molecule has 0 spiro atoms. The van der Waals surface area contributed by atoms with E-state index in [0.717, 1.165) is 31.6 Å². The first kappa shape index (κ1) is 11.5. The number of nitrogens with zero attached hydrogens (tertiary/aromatic N) is 2. The second-order valence-corrected chi connectivity index (χ2v) is 5.12. The van der Waals surface area contributed by atoms with Gasteiger partial charge in [0.15, 0.2) is 11.1 Å². The summed E-state index contributed by atoms with van der Waals surface area (Å²) in [6, 6.07) is 3.97. The zero-order valence-corrected chi connectivity index (χ0v) is 9.90. The van der Waals surface area contributed by atoms with E-state index in [1.807, 2.05) is 12.1 Å². The lowest BCUT2D eigenvalue weighted by Gasteiger charge is -2.33. The maximum Gasteiger partial charge on any atom is 0.153 e. The largest absolute Gasteiger partial charge is 0.371 e. The van der Waals surface area contributed by atoms with E-state index in [1.54, 1.807) is 12.4 Å². The van der Waals surface area contributed by atoms with E-state index < -0.39 is 11.1 Å². The normalized spacial score (nSPS) is 23.1. The van der Waals surface area contributed by atoms with Crippen LogP contribution in [0.4, 0.5) is 5.69 Å². The fourth-order valence-corrected chi connectivity index (χ4v) is 2.87. The van der Waals surface area contributed by atoms with Gasteiger partial charge in [0.05, 0.1) is 5.75 Å². The fraction of sp³-hybridized carbons (Fsp3) is 0.545. The quantitative estimate of drug-likeness (QED) is 0.814. The molecule has 2 atom stereocenters. The van der Waals surface area contributed by atoms with Crippen LogP contribution in [0.25, 0.3) is 0 Å². The molecular formula is C11H16N2O2S. The fourth-order valence-electron chi connectivity index (χ4n) is 2.19. The van der Waals surface area contributed by atoms with E-state index >= 15 is 0 Å². The van der Waals surface area contributed by atoms with Gasteiger partial charge in [0.25, 0.3) is 0 Å². The monoisotopic (exact) mass is 240 g/mol. The summed E-state index contributed by atoms with van der Waals surface area (Å²) < 4.78 is 19.7. The minimum atomic E-state index is -1.67. The van der Waals surface area contributed by atoms with Crippen molar-refractivity contribution in [2.24, 2.45) is 5.92 Å². The molecule has 0 aromatic carbocycles. The number of aromatic nitrogens is 1. The van der Waals surface area contributed by atoms with E-state index in [0.29, 0.717) is 11.7 Å². The summed E-state index contributed by atoms with van der Waals surface area (Å²) in [6.07, 6.45) is 5.70. The molecule has 0 amide bonds. The van der Waals surface area contributed by atoms with E-state index in [-0.39, 0.29) is 0 Å². The Labute approximate surface area is 98.0 Å². The molecule has 0 saturated carbocycles. The smallest absolute Gasteiger partial charge is 0.153 e. The van der Waals surface area contributed by atoms with E-state index in [2.05, 4.69) is 9.88 Å². The van der Waals surface area contributed by atoms with Crippen molar-refractivity contribution in [2.75, 3.05) is 23.7 Å². The highest BCUT2D eigenvalue weighted by atomic mass is 32.2. The highest BCUT2D eigenvalue weighted by molar-refractivity contribution is 7.79. The molecule has 1 aliphatic heterocycles. The Balaban J connectivity index is 1.99. The molecule has 0 radical (unpaired) electrons. The molecule has 1 aromatic heterocycles. The minimum absolute atomic E-state index is 0.327. The number of anilines is 1. The SMILES string of the molecule is O=S(O)CC1CCCN(c2ccncc2)C1. The van der Waals surface area contributed by atoms with Gasteiger partial charge in [0.2, 0.25) is 0 Å². The number of rotatable bonds is 3. The zero-order chi connectivity index (χ0) is 11.4. The summed E-state index contributed by atoms with van der Waals surface area (Å²) in [4.78, 5) is 6.26. The van der Waals surface area contributed by atoms with Crippen LogP contribution in [0.5, 0.6) is 0 Å². The van der Waals surface area contributed by atoms with Gasteiger partial charge in [0.1, 0.15) is 0 Å². The summed E-state index contributed by atoms with van der Waals surface area (Å²) in [5.41, 5.74) is 1.16. The Bertz CT molecular complexity index is 358. The molecule has 1 N–H and O–H groups in total. The topological polar surface area (TPSA) is 53.4 Å². The van der Waals surface area contributed by atoms with Crippen molar-refractivity contribution in [1.29, 1.82) is 0 Å². The van der Waals surface area contributed by atoms with Gasteiger partial charge in [-0.25, -0.2) is 4.21 Å². The Kier molecular flexibility index (Phi) is 3.90. The van der Waals surface area contributed by atoms with Crippen LogP contribution in [0.3, 0.4) is 0 Å². The van der Waals surface area contributed by atoms with Crippen LogP contribution in [-0.4, -0.2) is 32.6 Å². The van der Waals surface area contributed by atoms with Crippen LogP contribution < -0.4 is 4.90 Å². The third-order valence-corrected chi connectivity index (χ3v) is 3.68. The van der Waals surface area contributed by atoms with Crippen LogP contribution >= 0.6 is 0 Å². The lowest BCUT2D eigenvalue weighted by atomic mass is 10.00. The summed E-state index contributed by atoms with van der Waals surface area (Å²) in [5.74, 6) is 0.717. The zero-order valence-electron chi connectivity index (χ0n) is 9.08. The van der Waals surface area contributed by atoms with Crippen LogP contribution in [0.15, 0.2) is 24.5 Å². The summed E-state index contributed by atoms with van der Waals surface area (Å²) in [5, 5.41) is 0. The first-order valence-electron chi connectivity index (χ1n) is 5.48. The first-order chi connectivity index (χ1) is 7.75. The number of pyridine rings is 1. The standard InChI is InChI=1S/C11H16N2O2S/c14-16(15)9-10-2-1-7-13(8-10)11-3-5-12-6-4-11/h3-6,10H,1-2,7-9H2,(H,14,15). The van der Waals surface area contributed by atoms with Crippen molar-refractivity contribution in [3.63, 3.8) is 0 Å². The molecule has 1 fully saturated rings. The molecule has 0 bridgehead atoms. The minimum Gasteiger partial charge on any atom is -0.371 e. The van der Waals surface area contributed by atoms with Gasteiger partial charge in [-0.15, -0.1) is 0 Å². The molecule has 0 aliphatic carbocycles. The lowest BCUT2D eigenvalue weighted by Crippen LogP contribution is -2.37. The van der Waals surface area contributed by atoms with E-state index in [9.17, 15) is 4.21 Å². The van der Waals surface area contributed by atoms with Gasteiger partial charge >= 0.3 is 0 Å². The first-order valence-corrected chi connectivity index (χ1v) is 6.75. The molecule has 16 heavy (non-hydrogen) atoms. The van der Waals surface area contributed by atoms with Crippen molar-refractivity contribution < 1.29 is 8.76 Å². The predicted octanol–water partition coefficient (Wildman–Crippen LogP) is 1.52. The molecule has 1 aromatic rings. The molecule has 88 valence electrons. The molecule has 1 saturated heterocycles. The van der Waals surface area contributed by atoms with Gasteiger partial charge in [-0.2, -0.15) is 0 Å². The Morgan fingerprint density at radius 1 is 1.50 bits per heavy atom. The van der Waals surface area contributed by atoms with Crippen molar-refractivity contribution in [3.8, 4) is 0 Å². The maximum absolute atomic E-state index is 10.8. The maximum atomic E-state index is 10.8. The summed E-state index contributed by atoms with van der Waals surface area (Å²) >= 11 is -1.67. The van der Waals surface area contributed by atoms with Gasteiger partial charge in [0, 0.05) is 31.2 Å². The van der Waals surface area contributed by atoms with Crippen molar-refractivity contribution in [3.05, 3.63) is 24.5 Å². The average Bonchev–Trinajstić information content (AvgIpc) is 2.30. The van der Waals surface area contributed by atoms with Crippen LogP contribution in [0, 0.1) is 5.92 Å². The van der Waals surface area contributed by atoms with Crippen LogP contribution in [0.2, 0.25) is 0 Å². The van der Waals surface area contributed by atoms with Gasteiger partial charge in [-0.05, 0) is 30.9 Å². The molecule has 5 heteroatoms. The third kappa shape index (κ3) is 3.02. The molecule has 2 rings (SSSR count). The molecular weight excluding hydrogens is 224 g/mol. The molecule has 2 heterocycles. The molecule has 4 nitrogen and oxygen atoms in total. The molecule has 2 unspecified atom stereocenters. The average molecular weight is 240 g/mol. The highest BCUT2D eigenvalue weighted by Crippen LogP contribution is 2.22. The summed E-state index contributed by atoms with van der Waals surface area (Å²) in [7, 11) is 0. The Morgan fingerprint density at radius 3 is 2.94 bits per heavy atom. The number of hydrogen-bond donors (Lipinski definition) is 1. The van der Waals surface area contributed by atoms with Gasteiger partial charge in [-0.3, -0.25) is 4.98 Å². The van der Waals surface area contributed by atoms with Gasteiger partial charge < -0.3 is 9.45 Å². The Hall–Kier alpha value is -0.940. The van der Waals surface area contributed by atoms with Crippen LogP contribution in [-0.2, 0) is 11.1 Å². The number of hydrogen-bond acceptors (Lipinski definition) is 3. The van der Waals surface area contributed by atoms with Gasteiger partial charge in [-0.1, -0.05) is 0 Å². The highest BCUT2D eigenvalue weighted by Gasteiger charge is 2.21.